The van der Waals surface area contributed by atoms with Gasteiger partial charge in [-0.05, 0) is 37.9 Å². The van der Waals surface area contributed by atoms with Crippen LogP contribution in [0.15, 0.2) is 18.3 Å². The van der Waals surface area contributed by atoms with Crippen molar-refractivity contribution >= 4 is 5.91 Å². The predicted molar refractivity (Wildman–Crippen MR) is 107 cm³/mol. The molecule has 0 aromatic carbocycles. The third-order valence-electron chi connectivity index (χ3n) is 6.33. The molecular formula is C21H34N4O2. The van der Waals surface area contributed by atoms with Crippen LogP contribution in [0.1, 0.15) is 37.4 Å². The Labute approximate surface area is 163 Å². The lowest BCUT2D eigenvalue weighted by atomic mass is 9.86. The van der Waals surface area contributed by atoms with Gasteiger partial charge in [0.05, 0.1) is 12.3 Å². The number of piperazine rings is 1. The minimum absolute atomic E-state index is 0.0824. The maximum absolute atomic E-state index is 12.5. The highest BCUT2D eigenvalue weighted by molar-refractivity contribution is 5.76. The average Bonchev–Trinajstić information content (AvgIpc) is 2.84. The summed E-state index contributed by atoms with van der Waals surface area (Å²) in [5.41, 5.74) is 2.50. The predicted octanol–water partition coefficient (Wildman–Crippen LogP) is 1.79. The van der Waals surface area contributed by atoms with E-state index in [4.69, 9.17) is 4.74 Å². The van der Waals surface area contributed by atoms with E-state index in [1.54, 1.807) is 7.11 Å². The van der Waals surface area contributed by atoms with Crippen LogP contribution in [0.4, 0.5) is 0 Å². The third-order valence-corrected chi connectivity index (χ3v) is 6.33. The van der Waals surface area contributed by atoms with Crippen LogP contribution in [0.25, 0.3) is 0 Å². The number of rotatable bonds is 6. The largest absolute Gasteiger partial charge is 0.383 e. The van der Waals surface area contributed by atoms with E-state index in [9.17, 15) is 4.79 Å². The molecule has 2 aliphatic heterocycles. The van der Waals surface area contributed by atoms with Crippen LogP contribution >= 0.6 is 0 Å². The van der Waals surface area contributed by atoms with E-state index in [2.05, 4.69) is 40.9 Å². The van der Waals surface area contributed by atoms with Gasteiger partial charge in [0.2, 0.25) is 5.91 Å². The number of aryl methyl sites for hydroxylation is 1. The molecule has 1 amide bonds. The van der Waals surface area contributed by atoms with E-state index < -0.39 is 0 Å². The first-order valence-electron chi connectivity index (χ1n) is 10.2. The Morgan fingerprint density at radius 2 is 2.07 bits per heavy atom. The monoisotopic (exact) mass is 374 g/mol. The molecule has 27 heavy (non-hydrogen) atoms. The molecule has 0 saturated carbocycles. The van der Waals surface area contributed by atoms with Crippen molar-refractivity contribution in [1.29, 1.82) is 0 Å². The number of hydrogen-bond acceptors (Lipinski definition) is 5. The highest BCUT2D eigenvalue weighted by Crippen LogP contribution is 2.32. The second kappa shape index (κ2) is 9.13. The molecule has 2 fully saturated rings. The van der Waals surface area contributed by atoms with Crippen LogP contribution in [0, 0.1) is 0 Å². The van der Waals surface area contributed by atoms with Crippen LogP contribution in [0.5, 0.6) is 0 Å². The highest BCUT2D eigenvalue weighted by Gasteiger charge is 2.42. The molecule has 0 N–H and O–H groups in total. The third kappa shape index (κ3) is 4.86. The fourth-order valence-electron chi connectivity index (χ4n) is 4.33. The second-order valence-electron chi connectivity index (χ2n) is 7.99. The van der Waals surface area contributed by atoms with Gasteiger partial charge >= 0.3 is 0 Å². The Morgan fingerprint density at radius 1 is 1.22 bits per heavy atom. The van der Waals surface area contributed by atoms with E-state index in [0.29, 0.717) is 19.6 Å². The number of amides is 1. The molecule has 0 bridgehead atoms. The van der Waals surface area contributed by atoms with Crippen molar-refractivity contribution < 1.29 is 9.53 Å². The summed E-state index contributed by atoms with van der Waals surface area (Å²) in [4.78, 5) is 24.1. The number of aromatic nitrogens is 1. The number of nitrogens with zero attached hydrogens (tertiary/aromatic N) is 4. The molecule has 1 aromatic heterocycles. The van der Waals surface area contributed by atoms with Crippen molar-refractivity contribution in [2.45, 2.75) is 44.7 Å². The molecule has 2 saturated heterocycles. The van der Waals surface area contributed by atoms with E-state index >= 15 is 0 Å². The van der Waals surface area contributed by atoms with Crippen LogP contribution in [-0.2, 0) is 22.5 Å². The Balaban J connectivity index is 1.65. The fraction of sp³-hybridized carbons (Fsp3) is 0.714. The van der Waals surface area contributed by atoms with Crippen LogP contribution in [0.3, 0.4) is 0 Å². The first kappa shape index (κ1) is 20.2. The topological polar surface area (TPSA) is 48.9 Å². The minimum Gasteiger partial charge on any atom is -0.383 e. The molecule has 2 aliphatic rings. The molecule has 6 heteroatoms. The van der Waals surface area contributed by atoms with Crippen molar-refractivity contribution in [1.82, 2.24) is 19.7 Å². The quantitative estimate of drug-likeness (QED) is 0.760. The summed E-state index contributed by atoms with van der Waals surface area (Å²) in [6.07, 6.45) is 5.62. The van der Waals surface area contributed by atoms with Gasteiger partial charge in [-0.15, -0.1) is 0 Å². The van der Waals surface area contributed by atoms with E-state index in [0.717, 1.165) is 57.7 Å². The van der Waals surface area contributed by atoms with Crippen LogP contribution in [0.2, 0.25) is 0 Å². The number of methoxy groups -OCH3 is 1. The van der Waals surface area contributed by atoms with Gasteiger partial charge < -0.3 is 9.64 Å². The van der Waals surface area contributed by atoms with Gasteiger partial charge in [-0.25, -0.2) is 0 Å². The molecule has 1 aromatic rings. The first-order chi connectivity index (χ1) is 13.1. The number of pyridine rings is 1. The molecule has 0 aliphatic carbocycles. The lowest BCUT2D eigenvalue weighted by Gasteiger charge is -2.49. The number of carbonyl (C=O) groups excluding carboxylic acids is 1. The van der Waals surface area contributed by atoms with Crippen molar-refractivity contribution in [2.24, 2.45) is 0 Å². The molecule has 150 valence electrons. The van der Waals surface area contributed by atoms with Gasteiger partial charge in [0.15, 0.2) is 0 Å². The normalized spacial score (nSPS) is 25.1. The van der Waals surface area contributed by atoms with E-state index in [1.807, 2.05) is 11.1 Å². The molecule has 3 heterocycles. The second-order valence-corrected chi connectivity index (χ2v) is 7.99. The zero-order valence-corrected chi connectivity index (χ0v) is 17.1. The standard InChI is InChI=1S/C21H34N4O2/c1-4-18-5-6-19(22-15-18)16-24-12-11-23(2)21(17-24)8-7-20(26)25(10-9-21)13-14-27-3/h5-6,15H,4,7-14,16-17H2,1-3H3. The summed E-state index contributed by atoms with van der Waals surface area (Å²) in [6, 6.07) is 4.35. The van der Waals surface area contributed by atoms with E-state index in [-0.39, 0.29) is 11.4 Å². The number of hydrogen-bond donors (Lipinski definition) is 0. The van der Waals surface area contributed by atoms with Gasteiger partial charge in [-0.1, -0.05) is 13.0 Å². The first-order valence-corrected chi connectivity index (χ1v) is 10.2. The van der Waals surface area contributed by atoms with Gasteiger partial charge in [0.25, 0.3) is 0 Å². The summed E-state index contributed by atoms with van der Waals surface area (Å²) in [5, 5.41) is 0. The molecule has 3 rings (SSSR count). The average molecular weight is 375 g/mol. The number of likely N-dealkylation sites (N-methyl/N-ethyl adjacent to an activating group) is 1. The van der Waals surface area contributed by atoms with Crippen molar-refractivity contribution in [2.75, 3.05) is 53.5 Å². The van der Waals surface area contributed by atoms with Crippen molar-refractivity contribution in [3.8, 4) is 0 Å². The molecule has 6 nitrogen and oxygen atoms in total. The molecule has 1 unspecified atom stereocenters. The number of ether oxygens (including phenoxy) is 1. The Bertz CT molecular complexity index is 621. The van der Waals surface area contributed by atoms with Crippen molar-refractivity contribution in [3.05, 3.63) is 29.6 Å². The van der Waals surface area contributed by atoms with Crippen molar-refractivity contribution in [3.63, 3.8) is 0 Å². The minimum atomic E-state index is 0.0824. The van der Waals surface area contributed by atoms with E-state index in [1.165, 1.54) is 5.56 Å². The maximum atomic E-state index is 12.5. The summed E-state index contributed by atoms with van der Waals surface area (Å²) in [7, 11) is 3.92. The lowest BCUT2D eigenvalue weighted by Crippen LogP contribution is -2.60. The summed E-state index contributed by atoms with van der Waals surface area (Å²) >= 11 is 0. The number of carbonyl (C=O) groups is 1. The fourth-order valence-corrected chi connectivity index (χ4v) is 4.33. The highest BCUT2D eigenvalue weighted by atomic mass is 16.5. The summed E-state index contributed by atoms with van der Waals surface area (Å²) in [6.45, 7) is 8.28. The zero-order chi connectivity index (χ0) is 19.3. The molecular weight excluding hydrogens is 340 g/mol. The molecule has 1 atom stereocenters. The summed E-state index contributed by atoms with van der Waals surface area (Å²) in [5.74, 6) is 0.270. The molecule has 0 radical (unpaired) electrons. The van der Waals surface area contributed by atoms with Gasteiger partial charge in [0.1, 0.15) is 0 Å². The van der Waals surface area contributed by atoms with Gasteiger partial charge in [-0.3, -0.25) is 19.6 Å². The zero-order valence-electron chi connectivity index (χ0n) is 17.1. The van der Waals surface area contributed by atoms with Crippen LogP contribution < -0.4 is 0 Å². The summed E-state index contributed by atoms with van der Waals surface area (Å²) < 4.78 is 5.17. The Kier molecular flexibility index (Phi) is 6.84. The SMILES string of the molecule is CCc1ccc(CN2CCN(C)C3(CCC(=O)N(CCOC)CC3)C2)nc1. The van der Waals surface area contributed by atoms with Crippen LogP contribution in [-0.4, -0.2) is 84.6 Å². The maximum Gasteiger partial charge on any atom is 0.222 e. The van der Waals surface area contributed by atoms with Gasteiger partial charge in [0, 0.05) is 64.5 Å². The smallest absolute Gasteiger partial charge is 0.222 e. The number of likely N-dealkylation sites (tertiary alicyclic amines) is 1. The Hall–Kier alpha value is -1.50. The lowest BCUT2D eigenvalue weighted by molar-refractivity contribution is -0.131. The molecule has 1 spiro atoms. The Morgan fingerprint density at radius 3 is 2.78 bits per heavy atom. The van der Waals surface area contributed by atoms with Gasteiger partial charge in [-0.2, -0.15) is 0 Å².